The van der Waals surface area contributed by atoms with E-state index in [-0.39, 0.29) is 44.0 Å². The monoisotopic (exact) mass is 850 g/mol. The quantitative estimate of drug-likeness (QED) is 0.0981. The summed E-state index contributed by atoms with van der Waals surface area (Å²) in [6, 6.07) is 30.2. The van der Waals surface area contributed by atoms with Crippen LogP contribution in [0.1, 0.15) is 64.9 Å². The Balaban J connectivity index is 0.000000250. The fourth-order valence-corrected chi connectivity index (χ4v) is 5.65. The van der Waals surface area contributed by atoms with E-state index in [9.17, 15) is 37.0 Å². The van der Waals surface area contributed by atoms with Crippen LogP contribution in [0.5, 0.6) is 11.5 Å². The number of carbonyl (C=O) groups excluding carboxylic acids is 1. The summed E-state index contributed by atoms with van der Waals surface area (Å²) in [7, 11) is 0. The number of hydrogen-bond donors (Lipinski definition) is 4. The van der Waals surface area contributed by atoms with E-state index in [1.54, 1.807) is 49.1 Å². The molecule has 0 saturated carbocycles. The SMILES string of the molecule is C.C.Cc1ccc(C(Nc2ccc(C)nc2)c2ccc3cccnc3c2O)c(F)c1.Cc1ccc(N)cn1.O=Cc1ccc(C(F)(F)F)cc1F.Oc1cccc2cccnc12. The Morgan fingerprint density at radius 1 is 0.661 bits per heavy atom. The molecule has 8 rings (SSSR count). The molecule has 1 unspecified atom stereocenters. The molecule has 0 bridgehead atoms. The maximum atomic E-state index is 14.8. The highest BCUT2D eigenvalue weighted by atomic mass is 19.4. The Morgan fingerprint density at radius 2 is 1.27 bits per heavy atom. The van der Waals surface area contributed by atoms with E-state index in [1.807, 2.05) is 87.5 Å². The first-order valence-corrected chi connectivity index (χ1v) is 18.2. The molecule has 14 heteroatoms. The van der Waals surface area contributed by atoms with Gasteiger partial charge in [0, 0.05) is 45.7 Å². The van der Waals surface area contributed by atoms with Crippen molar-refractivity contribution < 1.29 is 37.0 Å². The third kappa shape index (κ3) is 13.0. The number of pyridine rings is 4. The van der Waals surface area contributed by atoms with Gasteiger partial charge in [0.05, 0.1) is 40.9 Å². The molecule has 4 aromatic carbocycles. The number of carbonyl (C=O) groups is 1. The number of anilines is 2. The first-order chi connectivity index (χ1) is 28.6. The number of alkyl halides is 3. The highest BCUT2D eigenvalue weighted by Crippen LogP contribution is 2.37. The number of aldehydes is 1. The molecule has 0 fully saturated rings. The number of nitrogens with one attached hydrogen (secondary N) is 1. The van der Waals surface area contributed by atoms with E-state index in [0.29, 0.717) is 34.3 Å². The Morgan fingerprint density at radius 3 is 1.82 bits per heavy atom. The molecule has 0 aliphatic heterocycles. The average Bonchev–Trinajstić information content (AvgIpc) is 3.23. The van der Waals surface area contributed by atoms with Crippen LogP contribution in [0.4, 0.5) is 33.3 Å². The van der Waals surface area contributed by atoms with Gasteiger partial charge in [-0.3, -0.25) is 24.7 Å². The highest BCUT2D eigenvalue weighted by molar-refractivity contribution is 5.86. The van der Waals surface area contributed by atoms with Gasteiger partial charge in [0.1, 0.15) is 34.2 Å². The van der Waals surface area contributed by atoms with Crippen LogP contribution in [-0.4, -0.2) is 36.4 Å². The van der Waals surface area contributed by atoms with Crippen molar-refractivity contribution in [3.05, 3.63) is 191 Å². The number of nitrogens with zero attached hydrogens (tertiary/aromatic N) is 4. The molecule has 0 saturated heterocycles. The molecule has 4 aromatic heterocycles. The zero-order chi connectivity index (χ0) is 43.4. The lowest BCUT2D eigenvalue weighted by atomic mass is 9.95. The maximum Gasteiger partial charge on any atom is 0.416 e. The number of phenols is 2. The van der Waals surface area contributed by atoms with Crippen molar-refractivity contribution in [2.24, 2.45) is 0 Å². The van der Waals surface area contributed by atoms with Crippen LogP contribution in [0.25, 0.3) is 21.8 Å². The predicted octanol–water partition coefficient (Wildman–Crippen LogP) is 12.1. The Hall–Kier alpha value is -7.48. The van der Waals surface area contributed by atoms with Gasteiger partial charge < -0.3 is 21.3 Å². The molecule has 62 heavy (non-hydrogen) atoms. The number of phenolic OH excluding ortho intramolecular Hbond substituents is 2. The van der Waals surface area contributed by atoms with Crippen LogP contribution >= 0.6 is 0 Å². The van der Waals surface area contributed by atoms with Gasteiger partial charge in [-0.05, 0) is 93.1 Å². The number of benzene rings is 4. The molecular weight excluding hydrogens is 804 g/mol. The summed E-state index contributed by atoms with van der Waals surface area (Å²) >= 11 is 0. The molecule has 8 aromatic rings. The van der Waals surface area contributed by atoms with Gasteiger partial charge in [-0.25, -0.2) is 8.78 Å². The van der Waals surface area contributed by atoms with E-state index < -0.39 is 23.6 Å². The largest absolute Gasteiger partial charge is 0.506 e. The fraction of sp³-hybridized carbons (Fsp3) is 0.146. The number of nitrogens with two attached hydrogens (primary N) is 1. The van der Waals surface area contributed by atoms with E-state index in [2.05, 4.69) is 25.3 Å². The number of aryl methyl sites for hydroxylation is 3. The standard InChI is InChI=1S/C23H20FN3O.C9H7NO.C8H4F4O.C6H8N2.2CH4/c1-14-5-9-18(20(24)12-14)22(27-17-8-6-15(2)26-13-17)19-10-7-16-4-3-11-25-21(16)23(19)28;11-8-5-1-3-7-4-2-6-10-9(7)8;9-7-3-6(8(10,11)12)2-1-5(7)4-13;1-5-2-3-6(7)4-8-5;;/h3-13,22,27-28H,1-2H3;1-6,11H;1-4H;2-4H,7H2,1H3;2*1H4. The summed E-state index contributed by atoms with van der Waals surface area (Å²) in [5.74, 6) is -1.22. The summed E-state index contributed by atoms with van der Waals surface area (Å²) in [6.07, 6.45) is 2.23. The van der Waals surface area contributed by atoms with Crippen LogP contribution in [-0.2, 0) is 6.18 Å². The minimum atomic E-state index is -4.58. The number of rotatable bonds is 5. The van der Waals surface area contributed by atoms with Gasteiger partial charge in [0.25, 0.3) is 0 Å². The van der Waals surface area contributed by atoms with Crippen molar-refractivity contribution in [1.29, 1.82) is 0 Å². The molecule has 9 nitrogen and oxygen atoms in total. The fourth-order valence-electron chi connectivity index (χ4n) is 5.65. The number of halogens is 5. The minimum Gasteiger partial charge on any atom is -0.506 e. The zero-order valence-corrected chi connectivity index (χ0v) is 32.5. The molecule has 0 spiro atoms. The van der Waals surface area contributed by atoms with Crippen LogP contribution in [0, 0.1) is 32.4 Å². The summed E-state index contributed by atoms with van der Waals surface area (Å²) in [5, 5.41) is 25.3. The van der Waals surface area contributed by atoms with Gasteiger partial charge >= 0.3 is 6.18 Å². The Labute approximate surface area is 356 Å². The lowest BCUT2D eigenvalue weighted by Crippen LogP contribution is -2.15. The third-order valence-electron chi connectivity index (χ3n) is 8.78. The maximum absolute atomic E-state index is 14.8. The van der Waals surface area contributed by atoms with Crippen LogP contribution in [0.15, 0.2) is 140 Å². The average molecular weight is 851 g/mol. The first kappa shape index (κ1) is 48.9. The second kappa shape index (κ2) is 22.2. The summed E-state index contributed by atoms with van der Waals surface area (Å²) in [5.41, 5.74) is 10.2. The van der Waals surface area contributed by atoms with E-state index >= 15 is 0 Å². The minimum absolute atomic E-state index is 0. The molecule has 0 aliphatic carbocycles. The smallest absolute Gasteiger partial charge is 0.416 e. The third-order valence-corrected chi connectivity index (χ3v) is 8.78. The molecule has 1 atom stereocenters. The van der Waals surface area contributed by atoms with Crippen LogP contribution < -0.4 is 11.1 Å². The van der Waals surface area contributed by atoms with Gasteiger partial charge in [-0.15, -0.1) is 0 Å². The number of para-hydroxylation sites is 1. The number of aromatic hydroxyl groups is 2. The number of fused-ring (bicyclic) bond motifs is 2. The van der Waals surface area contributed by atoms with Gasteiger partial charge in [0.15, 0.2) is 6.29 Å². The zero-order valence-electron chi connectivity index (χ0n) is 32.5. The Kier molecular flexibility index (Phi) is 17.5. The lowest BCUT2D eigenvalue weighted by molar-refractivity contribution is -0.137. The molecule has 0 radical (unpaired) electrons. The summed E-state index contributed by atoms with van der Waals surface area (Å²) in [4.78, 5) is 26.6. The van der Waals surface area contributed by atoms with Crippen LogP contribution in [0.3, 0.4) is 0 Å². The van der Waals surface area contributed by atoms with Crippen molar-refractivity contribution in [3.63, 3.8) is 0 Å². The normalized spacial score (nSPS) is 10.8. The van der Waals surface area contributed by atoms with Gasteiger partial charge in [-0.1, -0.05) is 63.4 Å². The highest BCUT2D eigenvalue weighted by Gasteiger charge is 2.31. The molecule has 322 valence electrons. The summed E-state index contributed by atoms with van der Waals surface area (Å²) in [6.45, 7) is 5.68. The molecule has 4 heterocycles. The molecule has 5 N–H and O–H groups in total. The second-order valence-electron chi connectivity index (χ2n) is 13.3. The van der Waals surface area contributed by atoms with E-state index in [0.717, 1.165) is 45.2 Å². The van der Waals surface area contributed by atoms with Crippen molar-refractivity contribution in [2.75, 3.05) is 11.1 Å². The first-order valence-electron chi connectivity index (χ1n) is 18.2. The van der Waals surface area contributed by atoms with Gasteiger partial charge in [-0.2, -0.15) is 13.2 Å². The van der Waals surface area contributed by atoms with E-state index in [4.69, 9.17) is 5.73 Å². The summed E-state index contributed by atoms with van der Waals surface area (Å²) < 4.78 is 63.3. The van der Waals surface area contributed by atoms with Crippen LogP contribution in [0.2, 0.25) is 0 Å². The van der Waals surface area contributed by atoms with Crippen molar-refractivity contribution in [2.45, 2.75) is 47.8 Å². The lowest BCUT2D eigenvalue weighted by Gasteiger charge is -2.23. The number of hydrogen-bond acceptors (Lipinski definition) is 9. The van der Waals surface area contributed by atoms with Gasteiger partial charge in [0.2, 0.25) is 0 Å². The molecule has 0 aliphatic rings. The molecular formula is C48H47F5N6O3. The molecule has 0 amide bonds. The number of nitrogen functional groups attached to an aromatic ring is 1. The van der Waals surface area contributed by atoms with Crippen molar-refractivity contribution in [3.8, 4) is 11.5 Å². The van der Waals surface area contributed by atoms with Crippen molar-refractivity contribution in [1.82, 2.24) is 19.9 Å². The van der Waals surface area contributed by atoms with Crippen molar-refractivity contribution >= 4 is 39.5 Å². The Bertz CT molecular complexity index is 2670. The van der Waals surface area contributed by atoms with E-state index in [1.165, 1.54) is 6.07 Å². The topological polar surface area (TPSA) is 147 Å². The number of aromatic nitrogens is 4. The second-order valence-corrected chi connectivity index (χ2v) is 13.3. The predicted molar refractivity (Wildman–Crippen MR) is 236 cm³/mol.